The van der Waals surface area contributed by atoms with Crippen molar-refractivity contribution in [1.82, 2.24) is 15.5 Å². The molecule has 1 aliphatic carbocycles. The lowest BCUT2D eigenvalue weighted by Gasteiger charge is -2.27. The number of amides is 1. The highest BCUT2D eigenvalue weighted by Gasteiger charge is 2.40. The van der Waals surface area contributed by atoms with Gasteiger partial charge >= 0.3 is 0 Å². The predicted molar refractivity (Wildman–Crippen MR) is 158 cm³/mol. The largest absolute Gasteiger partial charge is 0.390 e. The number of rotatable bonds is 3. The highest BCUT2D eigenvalue weighted by molar-refractivity contribution is 5.76. The lowest BCUT2D eigenvalue weighted by molar-refractivity contribution is -0.122. The number of allylic oxidation sites excluding steroid dienone is 1. The quantitative estimate of drug-likeness (QED) is 0.479. The Morgan fingerprint density at radius 2 is 1.76 bits per heavy atom. The van der Waals surface area contributed by atoms with Crippen molar-refractivity contribution in [2.45, 2.75) is 56.4 Å². The Hall–Kier alpha value is -2.85. The van der Waals surface area contributed by atoms with Crippen molar-refractivity contribution >= 4 is 11.6 Å². The van der Waals surface area contributed by atoms with Gasteiger partial charge in [0.05, 0.1) is 24.9 Å². The average molecular weight is 581 g/mol. The molecule has 3 N–H and O–H groups in total. The number of aliphatic hydroxyl groups is 1. The van der Waals surface area contributed by atoms with Crippen LogP contribution in [-0.2, 0) is 16.0 Å². The SMILES string of the molecule is CN1CC2CN(c3ccc4c(c3)[C@@H]3C[C@H]4OCC=CCCCC(=O)N[C@@H](Cc4cc(F)cc(F)c4)[C@H](O)CN3)CC2C1. The first-order valence-corrected chi connectivity index (χ1v) is 15.3. The molecule has 2 aromatic rings. The number of likely N-dealkylation sites (tertiary alicyclic amines) is 1. The summed E-state index contributed by atoms with van der Waals surface area (Å²) in [5.74, 6) is -0.137. The van der Waals surface area contributed by atoms with Gasteiger partial charge < -0.3 is 30.3 Å². The van der Waals surface area contributed by atoms with Crippen molar-refractivity contribution in [3.63, 3.8) is 0 Å². The number of halogens is 2. The maximum atomic E-state index is 13.9. The van der Waals surface area contributed by atoms with Crippen LogP contribution >= 0.6 is 0 Å². The zero-order valence-corrected chi connectivity index (χ0v) is 24.3. The number of hydrogen-bond donors (Lipinski definition) is 3. The third-order valence-corrected chi connectivity index (χ3v) is 9.37. The molecular formula is C33H42F2N4O3. The highest BCUT2D eigenvalue weighted by Crippen LogP contribution is 2.44. The van der Waals surface area contributed by atoms with Gasteiger partial charge in [0.15, 0.2) is 0 Å². The van der Waals surface area contributed by atoms with Gasteiger partial charge in [0.1, 0.15) is 11.6 Å². The summed E-state index contributed by atoms with van der Waals surface area (Å²) >= 11 is 0. The summed E-state index contributed by atoms with van der Waals surface area (Å²) in [6.45, 7) is 5.15. The summed E-state index contributed by atoms with van der Waals surface area (Å²) in [4.78, 5) is 17.7. The molecule has 2 fully saturated rings. The third-order valence-electron chi connectivity index (χ3n) is 9.37. The molecule has 2 unspecified atom stereocenters. The van der Waals surface area contributed by atoms with Crippen molar-refractivity contribution in [3.05, 3.63) is 76.9 Å². The van der Waals surface area contributed by atoms with Crippen LogP contribution in [0, 0.1) is 23.5 Å². The zero-order valence-electron chi connectivity index (χ0n) is 24.3. The summed E-state index contributed by atoms with van der Waals surface area (Å²) in [6, 6.07) is 9.30. The smallest absolute Gasteiger partial charge is 0.220 e. The summed E-state index contributed by atoms with van der Waals surface area (Å²) in [5, 5.41) is 17.8. The molecule has 2 saturated heterocycles. The Bertz CT molecular complexity index is 1270. The van der Waals surface area contributed by atoms with Crippen LogP contribution in [0.4, 0.5) is 14.5 Å². The number of ether oxygens (including phenoxy) is 1. The van der Waals surface area contributed by atoms with Gasteiger partial charge in [0.2, 0.25) is 5.91 Å². The molecular weight excluding hydrogens is 538 g/mol. The minimum Gasteiger partial charge on any atom is -0.390 e. The zero-order chi connectivity index (χ0) is 29.2. The van der Waals surface area contributed by atoms with Gasteiger partial charge in [-0.25, -0.2) is 8.78 Å². The Morgan fingerprint density at radius 3 is 2.52 bits per heavy atom. The van der Waals surface area contributed by atoms with E-state index < -0.39 is 23.8 Å². The van der Waals surface area contributed by atoms with Gasteiger partial charge in [0.25, 0.3) is 0 Å². The predicted octanol–water partition coefficient (Wildman–Crippen LogP) is 3.88. The number of anilines is 1. The highest BCUT2D eigenvalue weighted by atomic mass is 19.1. The Morgan fingerprint density at radius 1 is 1.00 bits per heavy atom. The van der Waals surface area contributed by atoms with Crippen LogP contribution in [0.2, 0.25) is 0 Å². The molecule has 2 aromatic carbocycles. The van der Waals surface area contributed by atoms with E-state index >= 15 is 0 Å². The number of nitrogens with zero attached hydrogens (tertiary/aromatic N) is 2. The van der Waals surface area contributed by atoms with E-state index in [1.165, 1.54) is 28.9 Å². The minimum absolute atomic E-state index is 0.0345. The molecule has 7 nitrogen and oxygen atoms in total. The maximum absolute atomic E-state index is 13.9. The van der Waals surface area contributed by atoms with Crippen LogP contribution < -0.4 is 15.5 Å². The second-order valence-corrected chi connectivity index (χ2v) is 12.6. The number of carbonyl (C=O) groups excluding carboxylic acids is 1. The van der Waals surface area contributed by atoms with E-state index in [9.17, 15) is 18.7 Å². The normalized spacial score (nSPS) is 30.8. The van der Waals surface area contributed by atoms with Gasteiger partial charge in [-0.3, -0.25) is 4.79 Å². The van der Waals surface area contributed by atoms with E-state index in [1.807, 2.05) is 12.2 Å². The maximum Gasteiger partial charge on any atom is 0.220 e. The summed E-state index contributed by atoms with van der Waals surface area (Å²) < 4.78 is 34.1. The molecule has 0 spiro atoms. The van der Waals surface area contributed by atoms with Crippen LogP contribution in [-0.4, -0.2) is 74.4 Å². The van der Waals surface area contributed by atoms with E-state index in [-0.39, 0.29) is 31.0 Å². The fourth-order valence-corrected chi connectivity index (χ4v) is 7.30. The molecule has 0 saturated carbocycles. The summed E-state index contributed by atoms with van der Waals surface area (Å²) in [6.07, 6.45) is 5.58. The molecule has 3 heterocycles. The summed E-state index contributed by atoms with van der Waals surface area (Å²) in [5.41, 5.74) is 3.96. The first-order valence-electron chi connectivity index (χ1n) is 15.3. The standard InChI is InChI=1S/C33H42F2N4O3/c1-38-17-22-19-39(20-23(22)18-38)26-7-8-27-28(14-26)29-15-32(27)42-9-5-3-2-4-6-33(41)37-30(31(40)16-36-29)12-21-10-24(34)13-25(35)11-21/h3,5,7-8,10-11,13-14,22-23,29-32,36,40H,2,4,6,9,12,15-20H2,1H3,(H,37,41)/t22?,23?,29-,30-,31+,32+/m0/s1. The lowest BCUT2D eigenvalue weighted by atomic mass is 9.99. The molecule has 6 atom stereocenters. The first-order chi connectivity index (χ1) is 20.3. The topological polar surface area (TPSA) is 77.1 Å². The lowest BCUT2D eigenvalue weighted by Crippen LogP contribution is -2.49. The fraction of sp³-hybridized carbons (Fsp3) is 0.545. The number of fused-ring (bicyclic) bond motifs is 6. The van der Waals surface area contributed by atoms with E-state index in [0.717, 1.165) is 45.1 Å². The van der Waals surface area contributed by atoms with Crippen molar-refractivity contribution < 1.29 is 23.4 Å². The molecule has 226 valence electrons. The van der Waals surface area contributed by atoms with Gasteiger partial charge in [0, 0.05) is 56.9 Å². The van der Waals surface area contributed by atoms with Crippen molar-refractivity contribution in [1.29, 1.82) is 0 Å². The van der Waals surface area contributed by atoms with E-state index in [0.29, 0.717) is 36.8 Å². The average Bonchev–Trinajstić information content (AvgIpc) is 3.60. The second kappa shape index (κ2) is 12.8. The molecule has 4 aliphatic rings. The Kier molecular flexibility index (Phi) is 8.90. The number of β-amino-alcohol motifs (C(OH)–C–C–N with tert-alkyl or cyclic N) is 1. The third kappa shape index (κ3) is 6.70. The van der Waals surface area contributed by atoms with Crippen molar-refractivity contribution in [2.24, 2.45) is 11.8 Å². The van der Waals surface area contributed by atoms with Gasteiger partial charge in [-0.1, -0.05) is 18.2 Å². The first kappa shape index (κ1) is 29.2. The van der Waals surface area contributed by atoms with Crippen LogP contribution in [0.5, 0.6) is 0 Å². The minimum atomic E-state index is -0.963. The molecule has 0 radical (unpaired) electrons. The molecule has 9 heteroatoms. The Labute approximate surface area is 246 Å². The number of nitrogens with one attached hydrogen (secondary N) is 2. The summed E-state index contributed by atoms with van der Waals surface area (Å²) in [7, 11) is 2.20. The fourth-order valence-electron chi connectivity index (χ4n) is 7.30. The van der Waals surface area contributed by atoms with Crippen LogP contribution in [0.3, 0.4) is 0 Å². The van der Waals surface area contributed by atoms with Crippen LogP contribution in [0.1, 0.15) is 54.5 Å². The number of hydrogen-bond acceptors (Lipinski definition) is 6. The second-order valence-electron chi connectivity index (χ2n) is 12.6. The van der Waals surface area contributed by atoms with Gasteiger partial charge in [-0.05, 0) is 85.5 Å². The van der Waals surface area contributed by atoms with Gasteiger partial charge in [-0.15, -0.1) is 0 Å². The van der Waals surface area contributed by atoms with Crippen molar-refractivity contribution in [2.75, 3.05) is 51.3 Å². The molecule has 42 heavy (non-hydrogen) atoms. The number of carbonyl (C=O) groups is 1. The molecule has 1 amide bonds. The Balaban J connectivity index is 1.22. The monoisotopic (exact) mass is 580 g/mol. The molecule has 0 aromatic heterocycles. The van der Waals surface area contributed by atoms with Gasteiger partial charge in [-0.2, -0.15) is 0 Å². The van der Waals surface area contributed by atoms with E-state index in [1.54, 1.807) is 0 Å². The van der Waals surface area contributed by atoms with E-state index in [4.69, 9.17) is 4.74 Å². The molecule has 2 bridgehead atoms. The number of benzene rings is 2. The van der Waals surface area contributed by atoms with Crippen LogP contribution in [0.25, 0.3) is 0 Å². The number of aliphatic hydroxyl groups excluding tert-OH is 1. The molecule has 3 aliphatic heterocycles. The van der Waals surface area contributed by atoms with E-state index in [2.05, 4.69) is 45.7 Å². The molecule has 6 rings (SSSR count). The van der Waals surface area contributed by atoms with Crippen LogP contribution in [0.15, 0.2) is 48.6 Å². The van der Waals surface area contributed by atoms with Crippen molar-refractivity contribution in [3.8, 4) is 0 Å².